The molecule has 0 saturated carbocycles. The van der Waals surface area contributed by atoms with E-state index in [0.29, 0.717) is 30.9 Å². The first-order valence-corrected chi connectivity index (χ1v) is 7.90. The molecule has 0 aliphatic carbocycles. The van der Waals surface area contributed by atoms with Crippen LogP contribution < -0.4 is 0 Å². The van der Waals surface area contributed by atoms with Gasteiger partial charge in [-0.25, -0.2) is 9.18 Å². The predicted molar refractivity (Wildman–Crippen MR) is 86.8 cm³/mol. The number of hydrogen-bond acceptors (Lipinski definition) is 4. The number of carbonyl (C=O) groups excluding carboxylic acids is 1. The molecule has 1 amide bonds. The fraction of sp³-hybridized carbons (Fsp3) is 0.471. The Kier molecular flexibility index (Phi) is 4.03. The Labute approximate surface area is 140 Å². The molecule has 2 aromatic rings. The zero-order valence-corrected chi connectivity index (χ0v) is 14.3. The third-order valence-corrected chi connectivity index (χ3v) is 3.85. The number of fused-ring (bicyclic) bond motifs is 1. The lowest BCUT2D eigenvalue weighted by atomic mass is 10.1. The van der Waals surface area contributed by atoms with E-state index in [1.54, 1.807) is 24.1 Å². The third-order valence-electron chi connectivity index (χ3n) is 3.85. The second-order valence-electron chi connectivity index (χ2n) is 6.95. The molecule has 2 aromatic heterocycles. The Morgan fingerprint density at radius 1 is 1.29 bits per heavy atom. The molecule has 0 saturated heterocycles. The van der Waals surface area contributed by atoms with E-state index >= 15 is 0 Å². The summed E-state index contributed by atoms with van der Waals surface area (Å²) in [5.41, 5.74) is 2.34. The van der Waals surface area contributed by atoms with Gasteiger partial charge in [0.2, 0.25) is 0 Å². The molecule has 0 bridgehead atoms. The molecular weight excluding hydrogens is 311 g/mol. The van der Waals surface area contributed by atoms with Crippen LogP contribution in [0.5, 0.6) is 0 Å². The summed E-state index contributed by atoms with van der Waals surface area (Å²) in [5.74, 6) is -0.338. The van der Waals surface area contributed by atoms with Crippen molar-refractivity contribution in [1.29, 1.82) is 0 Å². The molecule has 0 radical (unpaired) electrons. The predicted octanol–water partition coefficient (Wildman–Crippen LogP) is 3.14. The maximum absolute atomic E-state index is 13.5. The van der Waals surface area contributed by atoms with Crippen molar-refractivity contribution in [2.45, 2.75) is 46.4 Å². The Morgan fingerprint density at radius 3 is 2.71 bits per heavy atom. The maximum atomic E-state index is 13.5. The molecule has 1 aliphatic heterocycles. The monoisotopic (exact) mass is 332 g/mol. The first-order valence-electron chi connectivity index (χ1n) is 7.90. The number of carbonyl (C=O) groups is 1. The highest BCUT2D eigenvalue weighted by molar-refractivity contribution is 5.69. The summed E-state index contributed by atoms with van der Waals surface area (Å²) in [6.07, 6.45) is 2.58. The molecule has 0 N–H and O–H groups in total. The number of aryl methyl sites for hydroxylation is 1. The lowest BCUT2D eigenvalue weighted by Crippen LogP contribution is -2.41. The van der Waals surface area contributed by atoms with E-state index in [0.717, 1.165) is 11.3 Å². The average Bonchev–Trinajstić information content (AvgIpc) is 2.91. The number of halogens is 1. The molecule has 24 heavy (non-hydrogen) atoms. The van der Waals surface area contributed by atoms with Crippen molar-refractivity contribution in [1.82, 2.24) is 19.7 Å². The summed E-state index contributed by atoms with van der Waals surface area (Å²) in [6.45, 7) is 8.75. The SMILES string of the molecule is Cc1cc(-c2cnn3c2CN(C(=O)OC(C)(C)C)CC3)ncc1F. The van der Waals surface area contributed by atoms with Gasteiger partial charge in [0.05, 0.1) is 36.9 Å². The van der Waals surface area contributed by atoms with Gasteiger partial charge >= 0.3 is 6.09 Å². The van der Waals surface area contributed by atoms with Crippen LogP contribution in [0.3, 0.4) is 0 Å². The van der Waals surface area contributed by atoms with Crippen molar-refractivity contribution < 1.29 is 13.9 Å². The molecule has 3 rings (SSSR count). The van der Waals surface area contributed by atoms with Gasteiger partial charge in [0.25, 0.3) is 0 Å². The van der Waals surface area contributed by atoms with Gasteiger partial charge in [-0.2, -0.15) is 5.10 Å². The van der Waals surface area contributed by atoms with E-state index < -0.39 is 5.60 Å². The highest BCUT2D eigenvalue weighted by Gasteiger charge is 2.28. The van der Waals surface area contributed by atoms with Crippen LogP contribution in [-0.4, -0.2) is 37.9 Å². The molecule has 0 unspecified atom stereocenters. The zero-order valence-electron chi connectivity index (χ0n) is 14.3. The molecule has 1 aliphatic rings. The van der Waals surface area contributed by atoms with Crippen molar-refractivity contribution in [3.8, 4) is 11.3 Å². The summed E-state index contributed by atoms with van der Waals surface area (Å²) in [5, 5.41) is 4.36. The van der Waals surface area contributed by atoms with Gasteiger partial charge in [-0.1, -0.05) is 0 Å². The Bertz CT molecular complexity index is 779. The minimum Gasteiger partial charge on any atom is -0.444 e. The van der Waals surface area contributed by atoms with Crippen LogP contribution in [0.2, 0.25) is 0 Å². The molecule has 3 heterocycles. The summed E-state index contributed by atoms with van der Waals surface area (Å²) < 4.78 is 20.8. The summed E-state index contributed by atoms with van der Waals surface area (Å²) >= 11 is 0. The van der Waals surface area contributed by atoms with Crippen LogP contribution >= 0.6 is 0 Å². The Hall–Kier alpha value is -2.44. The lowest BCUT2D eigenvalue weighted by molar-refractivity contribution is 0.0195. The van der Waals surface area contributed by atoms with Gasteiger partial charge in [0, 0.05) is 12.1 Å². The maximum Gasteiger partial charge on any atom is 0.410 e. The van der Waals surface area contributed by atoms with Gasteiger partial charge in [-0.3, -0.25) is 9.67 Å². The van der Waals surface area contributed by atoms with Gasteiger partial charge in [-0.05, 0) is 39.3 Å². The van der Waals surface area contributed by atoms with Crippen LogP contribution in [0.25, 0.3) is 11.3 Å². The highest BCUT2D eigenvalue weighted by atomic mass is 19.1. The lowest BCUT2D eigenvalue weighted by Gasteiger charge is -2.30. The molecular formula is C17H21FN4O2. The molecule has 6 nitrogen and oxygen atoms in total. The highest BCUT2D eigenvalue weighted by Crippen LogP contribution is 2.27. The average molecular weight is 332 g/mol. The van der Waals surface area contributed by atoms with Gasteiger partial charge in [-0.15, -0.1) is 0 Å². The zero-order chi connectivity index (χ0) is 17.5. The number of hydrogen-bond donors (Lipinski definition) is 0. The smallest absolute Gasteiger partial charge is 0.410 e. The fourth-order valence-corrected chi connectivity index (χ4v) is 2.63. The van der Waals surface area contributed by atoms with Crippen molar-refractivity contribution >= 4 is 6.09 Å². The number of rotatable bonds is 1. The van der Waals surface area contributed by atoms with Crippen molar-refractivity contribution in [2.24, 2.45) is 0 Å². The van der Waals surface area contributed by atoms with E-state index in [1.807, 2.05) is 25.5 Å². The number of pyridine rings is 1. The largest absolute Gasteiger partial charge is 0.444 e. The van der Waals surface area contributed by atoms with Crippen molar-refractivity contribution in [3.63, 3.8) is 0 Å². The van der Waals surface area contributed by atoms with E-state index in [1.165, 1.54) is 6.20 Å². The van der Waals surface area contributed by atoms with Gasteiger partial charge < -0.3 is 9.64 Å². The summed E-state index contributed by atoms with van der Waals surface area (Å²) in [6, 6.07) is 1.69. The number of aromatic nitrogens is 3. The second kappa shape index (κ2) is 5.89. The molecule has 0 fully saturated rings. The molecule has 128 valence electrons. The van der Waals surface area contributed by atoms with E-state index in [-0.39, 0.29) is 11.9 Å². The first-order chi connectivity index (χ1) is 11.2. The van der Waals surface area contributed by atoms with E-state index in [9.17, 15) is 9.18 Å². The van der Waals surface area contributed by atoms with Crippen molar-refractivity contribution in [2.75, 3.05) is 6.54 Å². The van der Waals surface area contributed by atoms with Crippen LogP contribution in [0.4, 0.5) is 9.18 Å². The fourth-order valence-electron chi connectivity index (χ4n) is 2.63. The summed E-state index contributed by atoms with van der Waals surface area (Å²) in [7, 11) is 0. The Morgan fingerprint density at radius 2 is 2.04 bits per heavy atom. The second-order valence-corrected chi connectivity index (χ2v) is 6.95. The topological polar surface area (TPSA) is 60.2 Å². The number of amides is 1. The van der Waals surface area contributed by atoms with Crippen molar-refractivity contribution in [3.05, 3.63) is 35.5 Å². The minimum absolute atomic E-state index is 0.338. The third kappa shape index (κ3) is 3.25. The normalized spacial score (nSPS) is 14.5. The number of nitrogens with zero attached hydrogens (tertiary/aromatic N) is 4. The minimum atomic E-state index is -0.534. The van der Waals surface area contributed by atoms with Crippen LogP contribution in [0, 0.1) is 12.7 Å². The molecule has 0 atom stereocenters. The quantitative estimate of drug-likeness (QED) is 0.805. The first kappa shape index (κ1) is 16.4. The van der Waals surface area contributed by atoms with Crippen LogP contribution in [-0.2, 0) is 17.8 Å². The standard InChI is InChI=1S/C17H21FN4O2/c1-11-7-14(19-9-13(11)18)12-8-20-22-6-5-21(10-15(12)22)16(23)24-17(2,3)4/h7-9H,5-6,10H2,1-4H3. The molecule has 7 heteroatoms. The van der Waals surface area contributed by atoms with E-state index in [2.05, 4.69) is 10.1 Å². The molecule has 0 aromatic carbocycles. The Balaban J connectivity index is 1.87. The van der Waals surface area contributed by atoms with Gasteiger partial charge in [0.1, 0.15) is 11.4 Å². The van der Waals surface area contributed by atoms with Gasteiger partial charge in [0.15, 0.2) is 0 Å². The van der Waals surface area contributed by atoms with Crippen LogP contribution in [0.15, 0.2) is 18.5 Å². The van der Waals surface area contributed by atoms with E-state index in [4.69, 9.17) is 4.74 Å². The number of ether oxygens (including phenoxy) is 1. The molecule has 0 spiro atoms. The summed E-state index contributed by atoms with van der Waals surface area (Å²) in [4.78, 5) is 18.1. The van der Waals surface area contributed by atoms with Crippen LogP contribution in [0.1, 0.15) is 32.0 Å².